The standard InChI is InChI=1S/C19H19N3O/c1-12-6-7-13-9-16(21-15(13)8-12)18-10-14-4-2-3-5-17(14)22(18)19(23)11-20/h2-8,18H,9-11,20H2,1H3. The zero-order chi connectivity index (χ0) is 16.0. The van der Waals surface area contributed by atoms with E-state index in [-0.39, 0.29) is 18.5 Å². The van der Waals surface area contributed by atoms with Crippen molar-refractivity contribution in [1.29, 1.82) is 0 Å². The summed E-state index contributed by atoms with van der Waals surface area (Å²) in [6.45, 7) is 2.09. The minimum Gasteiger partial charge on any atom is -0.322 e. The van der Waals surface area contributed by atoms with Gasteiger partial charge in [0, 0.05) is 24.2 Å². The Kier molecular flexibility index (Phi) is 3.27. The summed E-state index contributed by atoms with van der Waals surface area (Å²) in [6.07, 6.45) is 1.62. The number of nitrogens with zero attached hydrogens (tertiary/aromatic N) is 2. The molecule has 2 N–H and O–H groups in total. The van der Waals surface area contributed by atoms with E-state index in [2.05, 4.69) is 31.2 Å². The van der Waals surface area contributed by atoms with Gasteiger partial charge in [-0.2, -0.15) is 0 Å². The number of carbonyl (C=O) groups excluding carboxylic acids is 1. The van der Waals surface area contributed by atoms with Crippen molar-refractivity contribution >= 4 is 23.0 Å². The van der Waals surface area contributed by atoms with E-state index in [1.807, 2.05) is 23.1 Å². The minimum atomic E-state index is -0.0465. The summed E-state index contributed by atoms with van der Waals surface area (Å²) in [4.78, 5) is 19.1. The van der Waals surface area contributed by atoms with Crippen LogP contribution in [0.5, 0.6) is 0 Å². The highest BCUT2D eigenvalue weighted by molar-refractivity contribution is 6.09. The highest BCUT2D eigenvalue weighted by atomic mass is 16.2. The Morgan fingerprint density at radius 3 is 2.91 bits per heavy atom. The van der Waals surface area contributed by atoms with Crippen LogP contribution in [-0.2, 0) is 17.6 Å². The Hall–Kier alpha value is -2.46. The molecule has 0 saturated carbocycles. The van der Waals surface area contributed by atoms with E-state index in [4.69, 9.17) is 10.7 Å². The lowest BCUT2D eigenvalue weighted by atomic mass is 10.0. The van der Waals surface area contributed by atoms with Crippen molar-refractivity contribution in [2.75, 3.05) is 11.4 Å². The first-order chi connectivity index (χ1) is 11.2. The summed E-state index contributed by atoms with van der Waals surface area (Å²) in [5.41, 5.74) is 12.3. The number of para-hydroxylation sites is 1. The van der Waals surface area contributed by atoms with Gasteiger partial charge < -0.3 is 10.6 Å². The molecule has 4 heteroatoms. The van der Waals surface area contributed by atoms with Crippen LogP contribution in [0.25, 0.3) is 0 Å². The highest BCUT2D eigenvalue weighted by Gasteiger charge is 2.37. The lowest BCUT2D eigenvalue weighted by Crippen LogP contribution is -2.45. The average molecular weight is 305 g/mol. The van der Waals surface area contributed by atoms with E-state index in [0.717, 1.165) is 29.9 Å². The lowest BCUT2D eigenvalue weighted by molar-refractivity contribution is -0.117. The number of rotatable bonds is 2. The number of fused-ring (bicyclic) bond motifs is 2. The van der Waals surface area contributed by atoms with Gasteiger partial charge in [-0.05, 0) is 35.7 Å². The van der Waals surface area contributed by atoms with Gasteiger partial charge >= 0.3 is 0 Å². The number of hydrogen-bond acceptors (Lipinski definition) is 3. The van der Waals surface area contributed by atoms with Crippen LogP contribution < -0.4 is 10.6 Å². The third-order valence-corrected chi connectivity index (χ3v) is 4.68. The van der Waals surface area contributed by atoms with Gasteiger partial charge in [-0.3, -0.25) is 9.79 Å². The fraction of sp³-hybridized carbons (Fsp3) is 0.263. The largest absolute Gasteiger partial charge is 0.322 e. The number of aliphatic imine (C=N–C) groups is 1. The first-order valence-electron chi connectivity index (χ1n) is 7.94. The highest BCUT2D eigenvalue weighted by Crippen LogP contribution is 2.37. The summed E-state index contributed by atoms with van der Waals surface area (Å²) in [7, 11) is 0. The molecule has 2 heterocycles. The molecule has 0 bridgehead atoms. The number of amides is 1. The molecule has 0 spiro atoms. The Morgan fingerprint density at radius 1 is 1.26 bits per heavy atom. The summed E-state index contributed by atoms with van der Waals surface area (Å²) >= 11 is 0. The second kappa shape index (κ2) is 5.32. The molecule has 2 aromatic carbocycles. The number of carbonyl (C=O) groups is 1. The zero-order valence-electron chi connectivity index (χ0n) is 13.1. The van der Waals surface area contributed by atoms with Crippen molar-refractivity contribution in [1.82, 2.24) is 0 Å². The van der Waals surface area contributed by atoms with Gasteiger partial charge in [-0.25, -0.2) is 0 Å². The van der Waals surface area contributed by atoms with Crippen LogP contribution in [0.4, 0.5) is 11.4 Å². The molecular weight excluding hydrogens is 286 g/mol. The quantitative estimate of drug-likeness (QED) is 0.927. The third-order valence-electron chi connectivity index (χ3n) is 4.68. The molecule has 1 amide bonds. The summed E-state index contributed by atoms with van der Waals surface area (Å²) in [6, 6.07) is 14.4. The van der Waals surface area contributed by atoms with Crippen LogP contribution in [0.3, 0.4) is 0 Å². The molecule has 0 aromatic heterocycles. The lowest BCUT2D eigenvalue weighted by Gasteiger charge is -2.25. The second-order valence-corrected chi connectivity index (χ2v) is 6.23. The molecule has 1 atom stereocenters. The molecular formula is C19H19N3O. The first-order valence-corrected chi connectivity index (χ1v) is 7.94. The van der Waals surface area contributed by atoms with E-state index in [1.54, 1.807) is 0 Å². The van der Waals surface area contributed by atoms with Crippen LogP contribution >= 0.6 is 0 Å². The van der Waals surface area contributed by atoms with E-state index < -0.39 is 0 Å². The van der Waals surface area contributed by atoms with Crippen molar-refractivity contribution < 1.29 is 4.79 Å². The van der Waals surface area contributed by atoms with Crippen LogP contribution in [-0.4, -0.2) is 24.2 Å². The Balaban J connectivity index is 1.72. The zero-order valence-corrected chi connectivity index (χ0v) is 13.1. The molecule has 2 aliphatic heterocycles. The number of benzene rings is 2. The average Bonchev–Trinajstić information content (AvgIpc) is 3.14. The molecule has 23 heavy (non-hydrogen) atoms. The molecule has 0 aliphatic carbocycles. The maximum absolute atomic E-state index is 12.4. The normalized spacial score (nSPS) is 18.6. The molecule has 0 saturated heterocycles. The molecule has 0 radical (unpaired) electrons. The maximum atomic E-state index is 12.4. The Bertz CT molecular complexity index is 825. The number of nitrogens with two attached hydrogens (primary N) is 1. The van der Waals surface area contributed by atoms with Gasteiger partial charge in [0.15, 0.2) is 0 Å². The summed E-state index contributed by atoms with van der Waals surface area (Å²) in [5, 5.41) is 0. The topological polar surface area (TPSA) is 58.7 Å². The van der Waals surface area contributed by atoms with Crippen LogP contribution in [0.1, 0.15) is 16.7 Å². The van der Waals surface area contributed by atoms with E-state index in [0.29, 0.717) is 0 Å². The fourth-order valence-corrected chi connectivity index (χ4v) is 3.57. The smallest absolute Gasteiger partial charge is 0.241 e. The molecule has 1 unspecified atom stereocenters. The SMILES string of the molecule is Cc1ccc2c(c1)N=C(C1Cc3ccccc3N1C(=O)CN)C2. The van der Waals surface area contributed by atoms with Gasteiger partial charge in [0.1, 0.15) is 0 Å². The van der Waals surface area contributed by atoms with Crippen molar-refractivity contribution in [3.05, 3.63) is 59.2 Å². The minimum absolute atomic E-state index is 0.0174. The van der Waals surface area contributed by atoms with Crippen LogP contribution in [0.2, 0.25) is 0 Å². The van der Waals surface area contributed by atoms with Gasteiger partial charge in [-0.15, -0.1) is 0 Å². The van der Waals surface area contributed by atoms with Crippen molar-refractivity contribution in [3.8, 4) is 0 Å². The van der Waals surface area contributed by atoms with Crippen molar-refractivity contribution in [2.24, 2.45) is 10.7 Å². The monoisotopic (exact) mass is 305 g/mol. The molecule has 2 aliphatic rings. The number of anilines is 1. The second-order valence-electron chi connectivity index (χ2n) is 6.23. The third kappa shape index (κ3) is 2.26. The molecule has 2 aromatic rings. The van der Waals surface area contributed by atoms with Gasteiger partial charge in [-0.1, -0.05) is 30.3 Å². The van der Waals surface area contributed by atoms with Crippen molar-refractivity contribution in [2.45, 2.75) is 25.8 Å². The number of hydrogen-bond donors (Lipinski definition) is 1. The fourth-order valence-electron chi connectivity index (χ4n) is 3.57. The van der Waals surface area contributed by atoms with E-state index in [1.165, 1.54) is 16.7 Å². The number of aryl methyl sites for hydroxylation is 1. The van der Waals surface area contributed by atoms with Gasteiger partial charge in [0.25, 0.3) is 0 Å². The van der Waals surface area contributed by atoms with E-state index >= 15 is 0 Å². The Morgan fingerprint density at radius 2 is 2.09 bits per heavy atom. The molecule has 0 fully saturated rings. The van der Waals surface area contributed by atoms with Gasteiger partial charge in [0.2, 0.25) is 5.91 Å². The van der Waals surface area contributed by atoms with Crippen molar-refractivity contribution in [3.63, 3.8) is 0 Å². The molecule has 116 valence electrons. The summed E-state index contributed by atoms with van der Waals surface area (Å²) in [5.74, 6) is -0.0465. The molecule has 4 nitrogen and oxygen atoms in total. The molecule has 4 rings (SSSR count). The predicted octanol–water partition coefficient (Wildman–Crippen LogP) is 2.54. The first kappa shape index (κ1) is 14.2. The van der Waals surface area contributed by atoms with Gasteiger partial charge in [0.05, 0.1) is 18.3 Å². The predicted molar refractivity (Wildman–Crippen MR) is 92.5 cm³/mol. The van der Waals surface area contributed by atoms with Crippen LogP contribution in [0.15, 0.2) is 47.5 Å². The van der Waals surface area contributed by atoms with E-state index in [9.17, 15) is 4.79 Å². The summed E-state index contributed by atoms with van der Waals surface area (Å²) < 4.78 is 0. The van der Waals surface area contributed by atoms with Crippen LogP contribution in [0, 0.1) is 6.92 Å². The Labute approximate surface area is 135 Å². The maximum Gasteiger partial charge on any atom is 0.241 e.